The van der Waals surface area contributed by atoms with Gasteiger partial charge in [-0.15, -0.1) is 0 Å². The van der Waals surface area contributed by atoms with E-state index in [2.05, 4.69) is 71.9 Å². The number of benzene rings is 4. The van der Waals surface area contributed by atoms with Gasteiger partial charge in [-0.2, -0.15) is 0 Å². The lowest BCUT2D eigenvalue weighted by atomic mass is 9.64. The van der Waals surface area contributed by atoms with Crippen molar-refractivity contribution in [1.82, 2.24) is 10.3 Å². The summed E-state index contributed by atoms with van der Waals surface area (Å²) in [6.45, 7) is 4.11. The molecule has 340 valence electrons. The molecule has 5 aromatic rings. The number of para-hydroxylation sites is 1. The molecule has 0 radical (unpaired) electrons. The molecule has 4 bridgehead atoms. The molecular weight excluding hydrogens is 833 g/mol. The maximum absolute atomic E-state index is 12.7. The number of pyridine rings is 1. The smallest absolute Gasteiger partial charge is 0.302 e. The Kier molecular flexibility index (Phi) is 11.5. The molecule has 12 nitrogen and oxygen atoms in total. The maximum atomic E-state index is 12.7. The number of aromatic nitrogens is 1. The van der Waals surface area contributed by atoms with Gasteiger partial charge in [-0.25, -0.2) is 4.98 Å². The number of aromatic hydroxyl groups is 2. The number of aliphatic hydroxyl groups is 1. The van der Waals surface area contributed by atoms with Crippen molar-refractivity contribution in [3.63, 3.8) is 0 Å². The van der Waals surface area contributed by atoms with Gasteiger partial charge in [0.05, 0.1) is 12.0 Å². The first kappa shape index (κ1) is 43.2. The molecule has 7 N–H and O–H groups in total. The van der Waals surface area contributed by atoms with Crippen molar-refractivity contribution < 1.29 is 39.1 Å². The summed E-state index contributed by atoms with van der Waals surface area (Å²) in [5.74, 6) is 8.21. The number of nitrogens with zero attached hydrogens (tertiary/aromatic N) is 1. The van der Waals surface area contributed by atoms with Gasteiger partial charge in [-0.3, -0.25) is 4.79 Å². The third-order valence-electron chi connectivity index (χ3n) is 14.5. The molecule has 4 heterocycles. The highest BCUT2D eigenvalue weighted by molar-refractivity contribution is 5.85. The predicted octanol–water partition coefficient (Wildman–Crippen LogP) is 8.19. The molecule has 3 aliphatic heterocycles. The van der Waals surface area contributed by atoms with Crippen molar-refractivity contribution >= 4 is 23.6 Å². The average molecular weight is 889 g/mol. The van der Waals surface area contributed by atoms with Crippen LogP contribution in [0.5, 0.6) is 28.7 Å². The van der Waals surface area contributed by atoms with Crippen LogP contribution in [0, 0.1) is 17.8 Å². The number of fused-ring (bicyclic) bond motifs is 9. The number of ether oxygens (including phenoxy) is 4. The number of aliphatic hydroxyl groups excluding tert-OH is 1. The zero-order valence-electron chi connectivity index (χ0n) is 37.6. The van der Waals surface area contributed by atoms with E-state index in [0.717, 1.165) is 94.6 Å². The highest BCUT2D eigenvalue weighted by Crippen LogP contribution is 2.64. The second-order valence-corrected chi connectivity index (χ2v) is 18.3. The summed E-state index contributed by atoms with van der Waals surface area (Å²) < 4.78 is 25.7. The molecule has 1 saturated carbocycles. The number of carbonyl (C=O) groups excluding carboxylic acids is 1. The molecule has 2 aliphatic carbocycles. The van der Waals surface area contributed by atoms with Crippen LogP contribution in [-0.4, -0.2) is 65.9 Å². The summed E-state index contributed by atoms with van der Waals surface area (Å²) in [6.07, 6.45) is 8.32. The van der Waals surface area contributed by atoms with E-state index in [9.17, 15) is 20.1 Å². The van der Waals surface area contributed by atoms with Crippen LogP contribution < -0.4 is 30.6 Å². The summed E-state index contributed by atoms with van der Waals surface area (Å²) in [4.78, 5) is 17.6. The van der Waals surface area contributed by atoms with E-state index in [1.807, 2.05) is 31.3 Å². The van der Waals surface area contributed by atoms with Crippen LogP contribution in [0.25, 0.3) is 17.2 Å². The number of nitrogen functional groups attached to an aromatic ring is 1. The number of anilines is 2. The summed E-state index contributed by atoms with van der Waals surface area (Å²) in [6, 6.07) is 21.7. The number of esters is 1. The molecule has 12 heteroatoms. The van der Waals surface area contributed by atoms with Crippen LogP contribution in [0.3, 0.4) is 0 Å². The molecule has 1 spiro atoms. The topological polar surface area (TPSA) is 178 Å². The number of rotatable bonds is 10. The Morgan fingerprint density at radius 3 is 2.71 bits per heavy atom. The van der Waals surface area contributed by atoms with E-state index in [1.165, 1.54) is 12.5 Å². The first-order chi connectivity index (χ1) is 32.1. The van der Waals surface area contributed by atoms with Crippen LogP contribution >= 0.6 is 0 Å². The van der Waals surface area contributed by atoms with Crippen LogP contribution in [0.15, 0.2) is 72.8 Å². The fourth-order valence-corrected chi connectivity index (χ4v) is 11.7. The lowest BCUT2D eigenvalue weighted by molar-refractivity contribution is -0.141. The zero-order valence-corrected chi connectivity index (χ0v) is 37.6. The summed E-state index contributed by atoms with van der Waals surface area (Å²) in [5, 5.41) is 39.8. The standard InChI is InChI=1S/C54H56N4O8/c1-4-57-43-10-6-5-8-31(43)12-14-37-33-20-21-54(25-33)26-34-22-36(61)24-46(65-29-59)48(34)40-17-16-39-42(28-63-30(2)60)52(66-53(39)50(40)54)49-32(9-7-11-44-38(37)18-19-47(55)58-44)23-45(62)51-41(49)15-13-35(56-3)27-64-51/h5-6,8,10,13,15-19,22-24,33,35,37,42,52,56-57,59,61-62H,4,9,12,14,20-21,25-29H2,1-3H3,(H2,55,58). The molecule has 1 fully saturated rings. The van der Waals surface area contributed by atoms with Gasteiger partial charge in [0.1, 0.15) is 48.1 Å². The Morgan fingerprint density at radius 1 is 1.05 bits per heavy atom. The number of nitrogens with one attached hydrogen (secondary N) is 2. The van der Waals surface area contributed by atoms with Crippen molar-refractivity contribution in [3.05, 3.63) is 123 Å². The Bertz CT molecular complexity index is 2830. The molecule has 66 heavy (non-hydrogen) atoms. The first-order valence-corrected chi connectivity index (χ1v) is 23.1. The van der Waals surface area contributed by atoms with Crippen LogP contribution in [-0.2, 0) is 34.2 Å². The Labute approximate surface area is 385 Å². The third kappa shape index (κ3) is 7.63. The molecular formula is C54H56N4O8. The van der Waals surface area contributed by atoms with Crippen molar-refractivity contribution in [2.75, 3.05) is 44.6 Å². The minimum atomic E-state index is -0.684. The number of nitrogens with two attached hydrogens (primary N) is 1. The lowest BCUT2D eigenvalue weighted by Crippen LogP contribution is -2.31. The molecule has 6 atom stereocenters. The number of likely N-dealkylation sites (N-methyl/N-ethyl adjacent to an activating group) is 1. The van der Waals surface area contributed by atoms with E-state index in [-0.39, 0.29) is 42.4 Å². The highest BCUT2D eigenvalue weighted by Gasteiger charge is 2.52. The molecule has 6 unspecified atom stereocenters. The SMILES string of the molecule is CCNc1ccccc1CCC1c2ccc(N)nc2C#CCc2cc(O)c3c(c2C2Oc4c(ccc5c4C4(CCC1C4)Cc1cc(O)cc(OCO)c1-5)C2COC(C)=O)C=CC(NC)CO3. The highest BCUT2D eigenvalue weighted by atomic mass is 16.6. The largest absolute Gasteiger partial charge is 0.508 e. The molecule has 10 rings (SSSR count). The molecule has 0 amide bonds. The molecule has 1 aromatic heterocycles. The predicted molar refractivity (Wildman–Crippen MR) is 253 cm³/mol. The van der Waals surface area contributed by atoms with Gasteiger partial charge in [-0.1, -0.05) is 54.5 Å². The third-order valence-corrected chi connectivity index (χ3v) is 14.5. The van der Waals surface area contributed by atoms with E-state index in [0.29, 0.717) is 41.6 Å². The monoisotopic (exact) mass is 888 g/mol. The Morgan fingerprint density at radius 2 is 1.89 bits per heavy atom. The zero-order chi connectivity index (χ0) is 45.7. The number of aryl methyl sites for hydroxylation is 1. The second kappa shape index (κ2) is 17.6. The second-order valence-electron chi connectivity index (χ2n) is 18.3. The first-order valence-electron chi connectivity index (χ1n) is 23.1. The van der Waals surface area contributed by atoms with Gasteiger partial charge >= 0.3 is 5.97 Å². The van der Waals surface area contributed by atoms with Gasteiger partial charge in [-0.05, 0) is 122 Å². The van der Waals surface area contributed by atoms with Crippen molar-refractivity contribution in [1.29, 1.82) is 0 Å². The molecule has 4 aromatic carbocycles. The van der Waals surface area contributed by atoms with Crippen LogP contribution in [0.1, 0.15) is 108 Å². The minimum absolute atomic E-state index is 0.0116. The number of carbonyl (C=O) groups is 1. The van der Waals surface area contributed by atoms with Crippen molar-refractivity contribution in [3.8, 4) is 51.7 Å². The molecule has 5 aliphatic rings. The number of hydrogen-bond donors (Lipinski definition) is 6. The average Bonchev–Trinajstić information content (AvgIpc) is 3.80. The van der Waals surface area contributed by atoms with Crippen LogP contribution in [0.4, 0.5) is 11.5 Å². The van der Waals surface area contributed by atoms with E-state index < -0.39 is 30.2 Å². The normalized spacial score (nSPS) is 22.9. The van der Waals surface area contributed by atoms with E-state index >= 15 is 0 Å². The lowest BCUT2D eigenvalue weighted by Gasteiger charge is -2.40. The van der Waals surface area contributed by atoms with Gasteiger partial charge in [0, 0.05) is 64.9 Å². The number of phenols is 2. The maximum Gasteiger partial charge on any atom is 0.302 e. The minimum Gasteiger partial charge on any atom is -0.508 e. The fourth-order valence-electron chi connectivity index (χ4n) is 11.7. The molecule has 0 saturated heterocycles. The van der Waals surface area contributed by atoms with E-state index in [1.54, 1.807) is 12.1 Å². The summed E-state index contributed by atoms with van der Waals surface area (Å²) >= 11 is 0. The number of hydrogen-bond acceptors (Lipinski definition) is 12. The van der Waals surface area contributed by atoms with Gasteiger partial charge < -0.3 is 50.6 Å². The van der Waals surface area contributed by atoms with Crippen LogP contribution in [0.2, 0.25) is 0 Å². The van der Waals surface area contributed by atoms with Gasteiger partial charge in [0.15, 0.2) is 18.3 Å². The van der Waals surface area contributed by atoms with Gasteiger partial charge in [0.2, 0.25) is 0 Å². The Balaban J connectivity index is 1.23. The quantitative estimate of drug-likeness (QED) is 0.0451. The fraction of sp³-hybridized carbons (Fsp3) is 0.370. The van der Waals surface area contributed by atoms with E-state index in [4.69, 9.17) is 29.7 Å². The van der Waals surface area contributed by atoms with Crippen molar-refractivity contribution in [2.24, 2.45) is 5.92 Å². The number of phenolic OH excluding ortho intramolecular Hbond substituents is 2. The Hall–Kier alpha value is -6.68. The summed E-state index contributed by atoms with van der Waals surface area (Å²) in [5.41, 5.74) is 16.9. The summed E-state index contributed by atoms with van der Waals surface area (Å²) in [7, 11) is 1.86. The van der Waals surface area contributed by atoms with Gasteiger partial charge in [0.25, 0.3) is 0 Å². The van der Waals surface area contributed by atoms with Crippen molar-refractivity contribution in [2.45, 2.75) is 88.2 Å².